The van der Waals surface area contributed by atoms with Gasteiger partial charge in [-0.2, -0.15) is 10.2 Å². The Morgan fingerprint density at radius 3 is 2.93 bits per heavy atom. The van der Waals surface area contributed by atoms with E-state index in [1.165, 1.54) is 34.8 Å². The van der Waals surface area contributed by atoms with Gasteiger partial charge in [-0.25, -0.2) is 27.1 Å². The Hall–Kier alpha value is -3.22. The van der Waals surface area contributed by atoms with Crippen molar-refractivity contribution < 1.29 is 22.4 Å². The monoisotopic (exact) mass is 426 g/mol. The summed E-state index contributed by atoms with van der Waals surface area (Å²) in [6, 6.07) is 0.998. The van der Waals surface area contributed by atoms with Gasteiger partial charge < -0.3 is 16.0 Å². The lowest BCUT2D eigenvalue weighted by molar-refractivity contribution is -0.0244. The lowest BCUT2D eigenvalue weighted by Crippen LogP contribution is -2.49. The van der Waals surface area contributed by atoms with Gasteiger partial charge >= 0.3 is 0 Å². The molecular weight excluding hydrogens is 408 g/mol. The fourth-order valence-corrected chi connectivity index (χ4v) is 3.31. The fourth-order valence-electron chi connectivity index (χ4n) is 3.31. The quantitative estimate of drug-likeness (QED) is 0.540. The Labute approximate surface area is 167 Å². The van der Waals surface area contributed by atoms with Gasteiger partial charge in [-0.15, -0.1) is 0 Å². The van der Waals surface area contributed by atoms with Gasteiger partial charge in [0.05, 0.1) is 18.4 Å². The van der Waals surface area contributed by atoms with Crippen molar-refractivity contribution in [1.29, 1.82) is 0 Å². The molecule has 30 heavy (non-hydrogen) atoms. The molecule has 0 aliphatic carbocycles. The Kier molecular flexibility index (Phi) is 5.05. The lowest BCUT2D eigenvalue weighted by Gasteiger charge is -2.30. The predicted octanol–water partition coefficient (Wildman–Crippen LogP) is 2.06. The number of alkyl halides is 4. The van der Waals surface area contributed by atoms with Crippen LogP contribution in [0.1, 0.15) is 28.9 Å². The highest BCUT2D eigenvalue weighted by atomic mass is 19.3. The molecule has 1 aliphatic rings. The molecule has 1 atom stereocenters. The van der Waals surface area contributed by atoms with Crippen molar-refractivity contribution in [1.82, 2.24) is 29.7 Å². The number of piperidine rings is 1. The molecule has 1 saturated heterocycles. The molecule has 3 aromatic rings. The standard InChI is InChI=1S/C17H18F4N8O/c1-28-7-11(13(27-28)14(18)19)25-16(30)10-6-23-29-3-2-12(26-15(10)29)24-9-4-17(20,21)8-22-5-9/h2-3,6-7,9,14,22H,4-5,8H2,1H3,(H,24,26)(H,25,30). The van der Waals surface area contributed by atoms with Gasteiger partial charge in [0.1, 0.15) is 11.4 Å². The zero-order chi connectivity index (χ0) is 21.5. The van der Waals surface area contributed by atoms with Crippen molar-refractivity contribution in [2.75, 3.05) is 23.7 Å². The summed E-state index contributed by atoms with van der Waals surface area (Å²) in [6.07, 6.45) is 0.820. The number of rotatable bonds is 5. The Bertz CT molecular complexity index is 1080. The zero-order valence-electron chi connectivity index (χ0n) is 15.7. The van der Waals surface area contributed by atoms with Crippen molar-refractivity contribution in [2.24, 2.45) is 7.05 Å². The van der Waals surface area contributed by atoms with E-state index in [1.54, 1.807) is 6.07 Å². The van der Waals surface area contributed by atoms with Crippen LogP contribution >= 0.6 is 0 Å². The maximum atomic E-state index is 13.6. The van der Waals surface area contributed by atoms with E-state index in [4.69, 9.17) is 0 Å². The minimum absolute atomic E-state index is 0.0369. The summed E-state index contributed by atoms with van der Waals surface area (Å²) >= 11 is 0. The van der Waals surface area contributed by atoms with E-state index in [0.29, 0.717) is 6.54 Å². The molecule has 1 unspecified atom stereocenters. The maximum Gasteiger partial charge on any atom is 0.284 e. The summed E-state index contributed by atoms with van der Waals surface area (Å²) in [5.41, 5.74) is -0.490. The highest BCUT2D eigenvalue weighted by Gasteiger charge is 2.36. The number of nitrogens with zero attached hydrogens (tertiary/aromatic N) is 5. The van der Waals surface area contributed by atoms with Crippen LogP contribution in [0.3, 0.4) is 0 Å². The highest BCUT2D eigenvalue weighted by Crippen LogP contribution is 2.26. The van der Waals surface area contributed by atoms with E-state index in [-0.39, 0.29) is 35.7 Å². The van der Waals surface area contributed by atoms with Crippen LogP contribution in [0.4, 0.5) is 29.1 Å². The second-order valence-corrected chi connectivity index (χ2v) is 7.03. The number of halogens is 4. The van der Waals surface area contributed by atoms with Crippen LogP contribution in [-0.4, -0.2) is 55.3 Å². The van der Waals surface area contributed by atoms with Crippen LogP contribution in [0.25, 0.3) is 5.65 Å². The lowest BCUT2D eigenvalue weighted by atomic mass is 10.0. The molecule has 3 N–H and O–H groups in total. The van der Waals surface area contributed by atoms with Crippen molar-refractivity contribution in [3.05, 3.63) is 35.9 Å². The van der Waals surface area contributed by atoms with E-state index in [0.717, 1.165) is 0 Å². The van der Waals surface area contributed by atoms with Crippen molar-refractivity contribution >= 4 is 23.1 Å². The van der Waals surface area contributed by atoms with Crippen LogP contribution in [0.15, 0.2) is 24.7 Å². The largest absolute Gasteiger partial charge is 0.366 e. The van der Waals surface area contributed by atoms with E-state index in [2.05, 4.69) is 31.1 Å². The number of carbonyl (C=O) groups excluding carboxylic acids is 1. The van der Waals surface area contributed by atoms with E-state index in [1.807, 2.05) is 0 Å². The highest BCUT2D eigenvalue weighted by molar-refractivity contribution is 6.08. The van der Waals surface area contributed by atoms with Crippen molar-refractivity contribution in [2.45, 2.75) is 24.8 Å². The minimum atomic E-state index is -2.86. The molecule has 3 aromatic heterocycles. The average Bonchev–Trinajstić information content (AvgIpc) is 3.24. The Balaban J connectivity index is 1.56. The van der Waals surface area contributed by atoms with Gasteiger partial charge in [0, 0.05) is 38.4 Å². The molecule has 1 fully saturated rings. The van der Waals surface area contributed by atoms with Crippen LogP contribution in [0, 0.1) is 0 Å². The Morgan fingerprint density at radius 2 is 2.20 bits per heavy atom. The third-order valence-corrected chi connectivity index (χ3v) is 4.60. The second kappa shape index (κ2) is 7.55. The van der Waals surface area contributed by atoms with Crippen molar-refractivity contribution in [3.63, 3.8) is 0 Å². The van der Waals surface area contributed by atoms with Crippen molar-refractivity contribution in [3.8, 4) is 0 Å². The molecule has 0 radical (unpaired) electrons. The first-order chi connectivity index (χ1) is 14.2. The summed E-state index contributed by atoms with van der Waals surface area (Å²) in [4.78, 5) is 16.9. The number of anilines is 2. The van der Waals surface area contributed by atoms with Crippen LogP contribution in [0.2, 0.25) is 0 Å². The minimum Gasteiger partial charge on any atom is -0.366 e. The smallest absolute Gasteiger partial charge is 0.284 e. The average molecular weight is 426 g/mol. The first-order valence-electron chi connectivity index (χ1n) is 9.04. The molecule has 1 aliphatic heterocycles. The number of carbonyl (C=O) groups is 1. The predicted molar refractivity (Wildman–Crippen MR) is 98.9 cm³/mol. The first-order valence-corrected chi connectivity index (χ1v) is 9.04. The number of nitrogens with one attached hydrogen (secondary N) is 3. The number of hydrogen-bond acceptors (Lipinski definition) is 6. The summed E-state index contributed by atoms with van der Waals surface area (Å²) in [6.45, 7) is -0.0357. The number of fused-ring (bicyclic) bond motifs is 1. The molecule has 160 valence electrons. The zero-order valence-corrected chi connectivity index (χ0v) is 15.7. The molecule has 0 saturated carbocycles. The maximum absolute atomic E-state index is 13.6. The number of amides is 1. The van der Waals surface area contributed by atoms with Gasteiger partial charge in [0.25, 0.3) is 18.3 Å². The first kappa shape index (κ1) is 20.1. The number of aromatic nitrogens is 5. The Morgan fingerprint density at radius 1 is 1.40 bits per heavy atom. The van der Waals surface area contributed by atoms with Gasteiger partial charge in [-0.05, 0) is 6.07 Å². The van der Waals surface area contributed by atoms with Gasteiger partial charge in [0.2, 0.25) is 0 Å². The van der Waals surface area contributed by atoms with Crippen LogP contribution in [0.5, 0.6) is 0 Å². The van der Waals surface area contributed by atoms with Gasteiger partial charge in [0.15, 0.2) is 11.3 Å². The summed E-state index contributed by atoms with van der Waals surface area (Å²) in [7, 11) is 1.46. The van der Waals surface area contributed by atoms with Gasteiger partial charge in [-0.3, -0.25) is 9.48 Å². The molecule has 4 heterocycles. The van der Waals surface area contributed by atoms with E-state index < -0.39 is 30.0 Å². The van der Waals surface area contributed by atoms with Gasteiger partial charge in [-0.1, -0.05) is 0 Å². The van der Waals surface area contributed by atoms with E-state index in [9.17, 15) is 22.4 Å². The molecule has 13 heteroatoms. The summed E-state index contributed by atoms with van der Waals surface area (Å²) in [5.74, 6) is -3.24. The summed E-state index contributed by atoms with van der Waals surface area (Å²) < 4.78 is 55.8. The number of aryl methyl sites for hydroxylation is 1. The molecule has 0 spiro atoms. The normalized spacial score (nSPS) is 18.7. The van der Waals surface area contributed by atoms with Crippen LogP contribution < -0.4 is 16.0 Å². The third-order valence-electron chi connectivity index (χ3n) is 4.60. The molecular formula is C17H18F4N8O. The third kappa shape index (κ3) is 4.06. The fraction of sp³-hybridized carbons (Fsp3) is 0.412. The second-order valence-electron chi connectivity index (χ2n) is 7.03. The SMILES string of the molecule is Cn1cc(NC(=O)c2cnn3ccc(NC4CNCC(F)(F)C4)nc23)c(C(F)F)n1. The molecule has 0 bridgehead atoms. The number of hydrogen-bond donors (Lipinski definition) is 3. The topological polar surface area (TPSA) is 101 Å². The molecule has 1 amide bonds. The molecule has 4 rings (SSSR count). The molecule has 0 aromatic carbocycles. The van der Waals surface area contributed by atoms with Crippen LogP contribution in [-0.2, 0) is 7.05 Å². The summed E-state index contributed by atoms with van der Waals surface area (Å²) in [5, 5.41) is 15.6. The molecule has 9 nitrogen and oxygen atoms in total. The van der Waals surface area contributed by atoms with E-state index >= 15 is 0 Å².